The van der Waals surface area contributed by atoms with Crippen molar-refractivity contribution in [2.45, 2.75) is 0 Å². The van der Waals surface area contributed by atoms with E-state index in [0.29, 0.717) is 5.82 Å². The van der Waals surface area contributed by atoms with Crippen molar-refractivity contribution in [3.05, 3.63) is 72.2 Å². The zero-order chi connectivity index (χ0) is 19.5. The molecule has 0 spiro atoms. The molecular weight excluding hydrogens is 367 g/mol. The van der Waals surface area contributed by atoms with Gasteiger partial charge in [0.15, 0.2) is 17.5 Å². The molecule has 0 aliphatic carbocycles. The van der Waals surface area contributed by atoms with Crippen molar-refractivity contribution in [2.24, 2.45) is 0 Å². The second kappa shape index (κ2) is 7.75. The van der Waals surface area contributed by atoms with Gasteiger partial charge in [0.25, 0.3) is 0 Å². The van der Waals surface area contributed by atoms with Crippen molar-refractivity contribution in [2.75, 3.05) is 41.3 Å². The zero-order valence-corrected chi connectivity index (χ0v) is 14.9. The molecule has 1 saturated heterocycles. The molecule has 1 aliphatic heterocycles. The van der Waals surface area contributed by atoms with Crippen molar-refractivity contribution in [1.29, 1.82) is 0 Å². The maximum absolute atomic E-state index is 13.9. The molecule has 0 atom stereocenters. The molecule has 28 heavy (non-hydrogen) atoms. The van der Waals surface area contributed by atoms with Gasteiger partial charge >= 0.3 is 0 Å². The Morgan fingerprint density at radius 3 is 2.25 bits per heavy atom. The van der Waals surface area contributed by atoms with Crippen molar-refractivity contribution in [3.63, 3.8) is 0 Å². The molecule has 144 valence electrons. The molecule has 3 aromatic rings. The van der Waals surface area contributed by atoms with E-state index in [4.69, 9.17) is 0 Å². The highest BCUT2D eigenvalue weighted by molar-refractivity contribution is 5.56. The van der Waals surface area contributed by atoms with Gasteiger partial charge < -0.3 is 15.1 Å². The zero-order valence-electron chi connectivity index (χ0n) is 14.9. The number of hydrogen-bond donors (Lipinski definition) is 1. The lowest BCUT2D eigenvalue weighted by Gasteiger charge is -2.36. The predicted molar refractivity (Wildman–Crippen MR) is 102 cm³/mol. The number of nitrogens with zero attached hydrogens (tertiary/aromatic N) is 4. The monoisotopic (exact) mass is 385 g/mol. The summed E-state index contributed by atoms with van der Waals surface area (Å²) in [6.07, 6.45) is 1.55. The number of hydrogen-bond acceptors (Lipinski definition) is 5. The average molecular weight is 385 g/mol. The SMILES string of the molecule is Fc1ccc(Nc2nccc(N3CCN(c4ccccc4)CC3)n2)c(F)c1F. The Labute approximate surface area is 160 Å². The summed E-state index contributed by atoms with van der Waals surface area (Å²) in [7, 11) is 0. The van der Waals surface area contributed by atoms with Gasteiger partial charge in [-0.2, -0.15) is 4.98 Å². The number of nitrogens with one attached hydrogen (secondary N) is 1. The van der Waals surface area contributed by atoms with Gasteiger partial charge in [0.2, 0.25) is 5.95 Å². The largest absolute Gasteiger partial charge is 0.368 e. The van der Waals surface area contributed by atoms with Gasteiger partial charge in [-0.15, -0.1) is 0 Å². The number of rotatable bonds is 4. The van der Waals surface area contributed by atoms with Crippen molar-refractivity contribution < 1.29 is 13.2 Å². The van der Waals surface area contributed by atoms with Crippen LogP contribution in [0.25, 0.3) is 0 Å². The molecule has 1 aliphatic rings. The van der Waals surface area contributed by atoms with Gasteiger partial charge in [0.05, 0.1) is 5.69 Å². The first-order valence-corrected chi connectivity index (χ1v) is 8.90. The highest BCUT2D eigenvalue weighted by atomic mass is 19.2. The fourth-order valence-electron chi connectivity index (χ4n) is 3.16. The number of anilines is 4. The third-order valence-electron chi connectivity index (χ3n) is 4.65. The maximum Gasteiger partial charge on any atom is 0.229 e. The third kappa shape index (κ3) is 3.71. The summed E-state index contributed by atoms with van der Waals surface area (Å²) in [5.74, 6) is -3.27. The lowest BCUT2D eigenvalue weighted by molar-refractivity contribution is 0.449. The van der Waals surface area contributed by atoms with Crippen LogP contribution in [0.15, 0.2) is 54.7 Å². The fourth-order valence-corrected chi connectivity index (χ4v) is 3.16. The van der Waals surface area contributed by atoms with E-state index in [1.165, 1.54) is 5.69 Å². The summed E-state index contributed by atoms with van der Waals surface area (Å²) >= 11 is 0. The number of aromatic nitrogens is 2. The summed E-state index contributed by atoms with van der Waals surface area (Å²) < 4.78 is 40.3. The summed E-state index contributed by atoms with van der Waals surface area (Å²) in [5, 5.41) is 2.61. The van der Waals surface area contributed by atoms with E-state index in [0.717, 1.165) is 38.3 Å². The summed E-state index contributed by atoms with van der Waals surface area (Å²) in [6, 6.07) is 13.9. The van der Waals surface area contributed by atoms with Crippen molar-refractivity contribution >= 4 is 23.1 Å². The molecule has 5 nitrogen and oxygen atoms in total. The Morgan fingerprint density at radius 2 is 1.50 bits per heavy atom. The van der Waals surface area contributed by atoms with Gasteiger partial charge in [0, 0.05) is 38.1 Å². The first kappa shape index (κ1) is 18.1. The second-order valence-corrected chi connectivity index (χ2v) is 6.40. The fraction of sp³-hybridized carbons (Fsp3) is 0.200. The molecular formula is C20H18F3N5. The van der Waals surface area contributed by atoms with E-state index < -0.39 is 17.5 Å². The summed E-state index contributed by atoms with van der Waals surface area (Å²) in [6.45, 7) is 3.22. The van der Waals surface area contributed by atoms with Gasteiger partial charge in [-0.3, -0.25) is 0 Å². The predicted octanol–water partition coefficient (Wildman–Crippen LogP) is 3.96. The van der Waals surface area contributed by atoms with E-state index in [1.54, 1.807) is 12.3 Å². The van der Waals surface area contributed by atoms with E-state index >= 15 is 0 Å². The minimum Gasteiger partial charge on any atom is -0.368 e. The first-order chi connectivity index (χ1) is 13.6. The normalized spacial score (nSPS) is 14.2. The molecule has 2 heterocycles. The van der Waals surface area contributed by atoms with Gasteiger partial charge in [-0.25, -0.2) is 18.2 Å². The molecule has 2 aromatic carbocycles. The molecule has 4 rings (SSSR count). The lowest BCUT2D eigenvalue weighted by atomic mass is 10.2. The van der Waals surface area contributed by atoms with E-state index in [1.807, 2.05) is 18.2 Å². The molecule has 1 N–H and O–H groups in total. The van der Waals surface area contributed by atoms with Crippen LogP contribution < -0.4 is 15.1 Å². The maximum atomic E-state index is 13.9. The summed E-state index contributed by atoms with van der Waals surface area (Å²) in [5.41, 5.74) is 0.964. The number of para-hydroxylation sites is 1. The molecule has 8 heteroatoms. The van der Waals surface area contributed by atoms with Gasteiger partial charge in [0.1, 0.15) is 5.82 Å². The summed E-state index contributed by atoms with van der Waals surface area (Å²) in [4.78, 5) is 12.8. The molecule has 0 amide bonds. The standard InChI is InChI=1S/C20H18F3N5/c21-15-6-7-16(19(23)18(15)22)25-20-24-9-8-17(26-20)28-12-10-27(11-13-28)14-4-2-1-3-5-14/h1-9H,10-13H2,(H,24,25,26). The Kier molecular flexibility index (Phi) is 5.01. The van der Waals surface area contributed by atoms with E-state index in [-0.39, 0.29) is 11.6 Å². The van der Waals surface area contributed by atoms with Crippen LogP contribution in [0, 0.1) is 17.5 Å². The van der Waals surface area contributed by atoms with Crippen LogP contribution in [0.1, 0.15) is 0 Å². The number of piperazine rings is 1. The Morgan fingerprint density at radius 1 is 0.786 bits per heavy atom. The molecule has 0 radical (unpaired) electrons. The molecule has 0 unspecified atom stereocenters. The van der Waals surface area contributed by atoms with Gasteiger partial charge in [-0.05, 0) is 30.3 Å². The van der Waals surface area contributed by atoms with E-state index in [2.05, 4.69) is 37.2 Å². The molecule has 0 saturated carbocycles. The van der Waals surface area contributed by atoms with Crippen LogP contribution in [-0.2, 0) is 0 Å². The highest BCUT2D eigenvalue weighted by Crippen LogP contribution is 2.24. The molecule has 1 aromatic heterocycles. The first-order valence-electron chi connectivity index (χ1n) is 8.90. The van der Waals surface area contributed by atoms with Crippen LogP contribution in [0.5, 0.6) is 0 Å². The smallest absolute Gasteiger partial charge is 0.229 e. The quantitative estimate of drug-likeness (QED) is 0.689. The van der Waals surface area contributed by atoms with Crippen LogP contribution in [-0.4, -0.2) is 36.1 Å². The number of halogens is 3. The Hall–Kier alpha value is -3.29. The topological polar surface area (TPSA) is 44.3 Å². The van der Waals surface area contributed by atoms with Crippen molar-refractivity contribution in [3.8, 4) is 0 Å². The van der Waals surface area contributed by atoms with Gasteiger partial charge in [-0.1, -0.05) is 18.2 Å². The van der Waals surface area contributed by atoms with Crippen LogP contribution in [0.2, 0.25) is 0 Å². The minimum atomic E-state index is -1.53. The van der Waals surface area contributed by atoms with E-state index in [9.17, 15) is 13.2 Å². The van der Waals surface area contributed by atoms with Crippen LogP contribution in [0.3, 0.4) is 0 Å². The highest BCUT2D eigenvalue weighted by Gasteiger charge is 2.19. The Balaban J connectivity index is 1.45. The van der Waals surface area contributed by atoms with Crippen molar-refractivity contribution in [1.82, 2.24) is 9.97 Å². The lowest BCUT2D eigenvalue weighted by Crippen LogP contribution is -2.46. The second-order valence-electron chi connectivity index (χ2n) is 6.40. The number of benzene rings is 2. The molecule has 1 fully saturated rings. The molecule has 0 bridgehead atoms. The minimum absolute atomic E-state index is 0.118. The van der Waals surface area contributed by atoms with Crippen LogP contribution in [0.4, 0.5) is 36.3 Å². The Bertz CT molecular complexity index is 959. The third-order valence-corrected chi connectivity index (χ3v) is 4.65. The average Bonchev–Trinajstić information content (AvgIpc) is 2.75. The van der Waals surface area contributed by atoms with Crippen LogP contribution >= 0.6 is 0 Å².